The molecule has 0 bridgehead atoms. The van der Waals surface area contributed by atoms with E-state index in [1.165, 1.54) is 29.7 Å². The van der Waals surface area contributed by atoms with Crippen molar-refractivity contribution in [3.63, 3.8) is 0 Å². The molecule has 1 aliphatic rings. The summed E-state index contributed by atoms with van der Waals surface area (Å²) in [6.45, 7) is 6.69. The summed E-state index contributed by atoms with van der Waals surface area (Å²) in [6.07, 6.45) is 4.63. The van der Waals surface area contributed by atoms with Crippen molar-refractivity contribution in [1.29, 1.82) is 0 Å². The maximum Gasteiger partial charge on any atom is 0.0723 e. The minimum Gasteiger partial charge on any atom is -0.252 e. The molecule has 100 valence electrons. The smallest absolute Gasteiger partial charge is 0.0723 e. The van der Waals surface area contributed by atoms with Gasteiger partial charge in [0.25, 0.3) is 0 Å². The van der Waals surface area contributed by atoms with Crippen LogP contribution in [0.15, 0.2) is 18.2 Å². The number of halogens is 1. The molecule has 0 spiro atoms. The van der Waals surface area contributed by atoms with Crippen molar-refractivity contribution in [3.05, 3.63) is 40.0 Å². The molecule has 3 rings (SSSR count). The van der Waals surface area contributed by atoms with E-state index < -0.39 is 0 Å². The lowest BCUT2D eigenvalue weighted by molar-refractivity contribution is 0.591. The van der Waals surface area contributed by atoms with Gasteiger partial charge in [0.05, 0.1) is 10.5 Å². The van der Waals surface area contributed by atoms with Gasteiger partial charge in [-0.05, 0) is 48.3 Å². The molecule has 1 aromatic heterocycles. The monoisotopic (exact) mass is 273 g/mol. The second-order valence-electron chi connectivity index (χ2n) is 6.54. The molecular formula is C17H20ClN. The normalized spacial score (nSPS) is 15.6. The van der Waals surface area contributed by atoms with E-state index >= 15 is 0 Å². The highest BCUT2D eigenvalue weighted by Gasteiger charge is 2.19. The Hall–Kier alpha value is -1.08. The summed E-state index contributed by atoms with van der Waals surface area (Å²) in [7, 11) is 0. The summed E-state index contributed by atoms with van der Waals surface area (Å²) in [5.41, 5.74) is 5.02. The first kappa shape index (κ1) is 12.9. The van der Waals surface area contributed by atoms with Crippen molar-refractivity contribution in [2.45, 2.75) is 51.9 Å². The lowest BCUT2D eigenvalue weighted by Crippen LogP contribution is -2.11. The van der Waals surface area contributed by atoms with Crippen LogP contribution in [0.1, 0.15) is 50.4 Å². The molecule has 1 heterocycles. The number of hydrogen-bond donors (Lipinski definition) is 0. The summed E-state index contributed by atoms with van der Waals surface area (Å²) in [5, 5.41) is 2.04. The van der Waals surface area contributed by atoms with E-state index in [1.807, 2.05) is 0 Å². The molecule has 0 radical (unpaired) electrons. The third kappa shape index (κ3) is 2.25. The first-order chi connectivity index (χ1) is 8.97. The zero-order chi connectivity index (χ0) is 13.6. The Morgan fingerprint density at radius 3 is 2.58 bits per heavy atom. The fraction of sp³-hybridized carbons (Fsp3) is 0.471. The Morgan fingerprint density at radius 1 is 1.11 bits per heavy atom. The van der Waals surface area contributed by atoms with E-state index in [4.69, 9.17) is 16.6 Å². The molecule has 0 saturated heterocycles. The summed E-state index contributed by atoms with van der Waals surface area (Å²) in [5.74, 6) is 0. The van der Waals surface area contributed by atoms with Crippen LogP contribution < -0.4 is 0 Å². The van der Waals surface area contributed by atoms with Crippen LogP contribution in [0.25, 0.3) is 10.9 Å². The summed E-state index contributed by atoms with van der Waals surface area (Å²) in [6, 6.07) is 6.53. The molecule has 1 aromatic carbocycles. The number of rotatable bonds is 0. The van der Waals surface area contributed by atoms with Crippen LogP contribution in [0.4, 0.5) is 0 Å². The van der Waals surface area contributed by atoms with Crippen molar-refractivity contribution in [3.8, 4) is 0 Å². The third-order valence-electron chi connectivity index (χ3n) is 4.06. The van der Waals surface area contributed by atoms with Crippen molar-refractivity contribution in [1.82, 2.24) is 4.98 Å². The van der Waals surface area contributed by atoms with E-state index in [1.54, 1.807) is 0 Å². The molecular weight excluding hydrogens is 254 g/mol. The Bertz CT molecular complexity index is 638. The van der Waals surface area contributed by atoms with E-state index in [9.17, 15) is 0 Å². The van der Waals surface area contributed by atoms with Crippen molar-refractivity contribution in [2.24, 2.45) is 0 Å². The van der Waals surface area contributed by atoms with Gasteiger partial charge in [-0.3, -0.25) is 4.98 Å². The molecule has 0 amide bonds. The van der Waals surface area contributed by atoms with Gasteiger partial charge in [0.15, 0.2) is 0 Å². The van der Waals surface area contributed by atoms with E-state index in [-0.39, 0.29) is 5.41 Å². The number of aromatic nitrogens is 1. The molecule has 0 saturated carbocycles. The zero-order valence-electron chi connectivity index (χ0n) is 11.9. The summed E-state index contributed by atoms with van der Waals surface area (Å²) >= 11 is 6.59. The highest BCUT2D eigenvalue weighted by Crippen LogP contribution is 2.34. The molecule has 0 fully saturated rings. The van der Waals surface area contributed by atoms with Crippen molar-refractivity contribution in [2.75, 3.05) is 0 Å². The molecule has 2 heteroatoms. The number of nitrogens with zero attached hydrogens (tertiary/aromatic N) is 1. The Kier molecular flexibility index (Phi) is 3.05. The predicted octanol–water partition coefficient (Wildman–Crippen LogP) is 5.06. The van der Waals surface area contributed by atoms with E-state index in [0.717, 1.165) is 28.8 Å². The fourth-order valence-electron chi connectivity index (χ4n) is 2.83. The lowest BCUT2D eigenvalue weighted by atomic mass is 9.86. The van der Waals surface area contributed by atoms with Crippen LogP contribution in [0.5, 0.6) is 0 Å². The van der Waals surface area contributed by atoms with Gasteiger partial charge in [-0.25, -0.2) is 0 Å². The number of pyridine rings is 1. The molecule has 1 aliphatic carbocycles. The van der Waals surface area contributed by atoms with E-state index in [0.29, 0.717) is 0 Å². The van der Waals surface area contributed by atoms with Crippen LogP contribution in [-0.4, -0.2) is 4.98 Å². The Balaban J connectivity index is 2.24. The minimum absolute atomic E-state index is 0.151. The van der Waals surface area contributed by atoms with Crippen LogP contribution >= 0.6 is 11.6 Å². The fourth-order valence-corrected chi connectivity index (χ4v) is 3.20. The topological polar surface area (TPSA) is 12.9 Å². The van der Waals surface area contributed by atoms with Gasteiger partial charge in [-0.1, -0.05) is 44.5 Å². The van der Waals surface area contributed by atoms with Gasteiger partial charge in [-0.15, -0.1) is 0 Å². The average molecular weight is 274 g/mol. The highest BCUT2D eigenvalue weighted by atomic mass is 35.5. The molecule has 2 aromatic rings. The SMILES string of the molecule is CC(C)(C)c1ccc2c(Cl)c3c(nc2c1)CCCC3. The van der Waals surface area contributed by atoms with Crippen LogP contribution in [-0.2, 0) is 18.3 Å². The third-order valence-corrected chi connectivity index (χ3v) is 4.49. The molecule has 0 unspecified atom stereocenters. The lowest BCUT2D eigenvalue weighted by Gasteiger charge is -2.21. The standard InChI is InChI=1S/C17H20ClN/c1-17(2,3)11-8-9-13-15(10-11)19-14-7-5-4-6-12(14)16(13)18/h8-10H,4-7H2,1-3H3. The van der Waals surface area contributed by atoms with Crippen molar-refractivity contribution >= 4 is 22.5 Å². The van der Waals surface area contributed by atoms with E-state index in [2.05, 4.69) is 39.0 Å². The van der Waals surface area contributed by atoms with Crippen LogP contribution in [0.3, 0.4) is 0 Å². The molecule has 19 heavy (non-hydrogen) atoms. The Morgan fingerprint density at radius 2 is 1.84 bits per heavy atom. The van der Waals surface area contributed by atoms with Gasteiger partial charge >= 0.3 is 0 Å². The first-order valence-corrected chi connectivity index (χ1v) is 7.46. The largest absolute Gasteiger partial charge is 0.252 e. The maximum atomic E-state index is 6.59. The molecule has 0 atom stereocenters. The van der Waals surface area contributed by atoms with Crippen LogP contribution in [0, 0.1) is 0 Å². The Labute approximate surface area is 120 Å². The maximum absolute atomic E-state index is 6.59. The van der Waals surface area contributed by atoms with Gasteiger partial charge < -0.3 is 0 Å². The second-order valence-corrected chi connectivity index (χ2v) is 6.92. The highest BCUT2D eigenvalue weighted by molar-refractivity contribution is 6.36. The van der Waals surface area contributed by atoms with Crippen molar-refractivity contribution < 1.29 is 0 Å². The molecule has 1 nitrogen and oxygen atoms in total. The zero-order valence-corrected chi connectivity index (χ0v) is 12.6. The van der Waals surface area contributed by atoms with Gasteiger partial charge in [0.2, 0.25) is 0 Å². The summed E-state index contributed by atoms with van der Waals surface area (Å²) in [4.78, 5) is 4.87. The second kappa shape index (κ2) is 4.49. The number of aryl methyl sites for hydroxylation is 1. The van der Waals surface area contributed by atoms with Gasteiger partial charge in [-0.2, -0.15) is 0 Å². The average Bonchev–Trinajstić information content (AvgIpc) is 2.37. The predicted molar refractivity (Wildman–Crippen MR) is 82.1 cm³/mol. The number of fused-ring (bicyclic) bond motifs is 2. The molecule has 0 aliphatic heterocycles. The molecule has 0 N–H and O–H groups in total. The first-order valence-electron chi connectivity index (χ1n) is 7.08. The minimum atomic E-state index is 0.151. The number of benzene rings is 1. The van der Waals surface area contributed by atoms with Gasteiger partial charge in [0, 0.05) is 11.1 Å². The van der Waals surface area contributed by atoms with Crippen LogP contribution in [0.2, 0.25) is 5.02 Å². The van der Waals surface area contributed by atoms with Gasteiger partial charge in [0.1, 0.15) is 0 Å². The quantitative estimate of drug-likeness (QED) is 0.653. The summed E-state index contributed by atoms with van der Waals surface area (Å²) < 4.78 is 0. The number of hydrogen-bond acceptors (Lipinski definition) is 1.